The zero-order valence-electron chi connectivity index (χ0n) is 11.5. The van der Waals surface area contributed by atoms with Crippen LogP contribution < -0.4 is 0 Å². The third-order valence-electron chi connectivity index (χ3n) is 3.64. The molecule has 2 unspecified atom stereocenters. The van der Waals surface area contributed by atoms with E-state index < -0.39 is 6.09 Å². The summed E-state index contributed by atoms with van der Waals surface area (Å²) >= 11 is 0. The van der Waals surface area contributed by atoms with Crippen LogP contribution in [-0.4, -0.2) is 34.5 Å². The van der Waals surface area contributed by atoms with Gasteiger partial charge >= 0.3 is 6.09 Å². The van der Waals surface area contributed by atoms with Crippen molar-refractivity contribution < 1.29 is 14.7 Å². The molecule has 0 aliphatic carbocycles. The summed E-state index contributed by atoms with van der Waals surface area (Å²) in [6.07, 6.45) is -0.947. The Morgan fingerprint density at radius 3 is 2.26 bits per heavy atom. The Balaban J connectivity index is 2.22. The normalized spacial score (nSPS) is 22.8. The quantitative estimate of drug-likeness (QED) is 0.833. The summed E-state index contributed by atoms with van der Waals surface area (Å²) in [7, 11) is 0. The number of hydrogen-bond acceptors (Lipinski definition) is 2. The van der Waals surface area contributed by atoms with Crippen molar-refractivity contribution >= 4 is 11.9 Å². The Morgan fingerprint density at radius 2 is 1.79 bits per heavy atom. The first kappa shape index (κ1) is 13.6. The molecule has 1 aliphatic heterocycles. The molecule has 1 aromatic rings. The number of rotatable bonds is 2. The van der Waals surface area contributed by atoms with Gasteiger partial charge in [0, 0.05) is 12.1 Å². The van der Waals surface area contributed by atoms with E-state index in [1.54, 1.807) is 12.1 Å². The highest BCUT2D eigenvalue weighted by molar-refractivity contribution is 5.99. The van der Waals surface area contributed by atoms with Crippen LogP contribution in [0.5, 0.6) is 0 Å². The molecule has 1 aromatic carbocycles. The van der Waals surface area contributed by atoms with Crippen LogP contribution in [0.3, 0.4) is 0 Å². The third-order valence-corrected chi connectivity index (χ3v) is 3.64. The van der Waals surface area contributed by atoms with Crippen LogP contribution in [0.15, 0.2) is 30.3 Å². The molecule has 2 atom stereocenters. The minimum Gasteiger partial charge on any atom is -0.465 e. The van der Waals surface area contributed by atoms with Crippen molar-refractivity contribution in [2.75, 3.05) is 6.54 Å². The van der Waals surface area contributed by atoms with Crippen LogP contribution in [0, 0.1) is 11.3 Å². The number of benzene rings is 1. The van der Waals surface area contributed by atoms with Crippen molar-refractivity contribution in [3.8, 4) is 0 Å². The second-order valence-electron chi connectivity index (χ2n) is 6.08. The van der Waals surface area contributed by atoms with Crippen molar-refractivity contribution in [1.82, 2.24) is 4.90 Å². The molecular formula is C15H19NO3. The smallest absolute Gasteiger partial charge is 0.407 e. The van der Waals surface area contributed by atoms with Gasteiger partial charge in [-0.25, -0.2) is 4.79 Å². The van der Waals surface area contributed by atoms with Crippen molar-refractivity contribution in [2.24, 2.45) is 11.3 Å². The largest absolute Gasteiger partial charge is 0.465 e. The van der Waals surface area contributed by atoms with E-state index in [-0.39, 0.29) is 23.2 Å². The summed E-state index contributed by atoms with van der Waals surface area (Å²) in [4.78, 5) is 25.0. The van der Waals surface area contributed by atoms with Gasteiger partial charge in [-0.2, -0.15) is 0 Å². The number of amides is 1. The Morgan fingerprint density at radius 1 is 1.21 bits per heavy atom. The summed E-state index contributed by atoms with van der Waals surface area (Å²) < 4.78 is 0. The molecule has 0 spiro atoms. The minimum absolute atomic E-state index is 0.0398. The predicted molar refractivity (Wildman–Crippen MR) is 72.2 cm³/mol. The maximum Gasteiger partial charge on any atom is 0.407 e. The van der Waals surface area contributed by atoms with Gasteiger partial charge in [0.2, 0.25) is 0 Å². The van der Waals surface area contributed by atoms with Crippen molar-refractivity contribution in [1.29, 1.82) is 0 Å². The summed E-state index contributed by atoms with van der Waals surface area (Å²) in [6.45, 7) is 6.21. The first-order chi connectivity index (χ1) is 8.82. The van der Waals surface area contributed by atoms with Gasteiger partial charge in [0.1, 0.15) is 0 Å². The lowest BCUT2D eigenvalue weighted by Gasteiger charge is -2.52. The standard InChI is InChI=1S/C15H19NO3/c1-15(2,3)13-11(9-16(13)14(18)19)12(17)10-7-5-4-6-8-10/h4-8,11,13H,9H2,1-3H3,(H,18,19). The monoisotopic (exact) mass is 261 g/mol. The van der Waals surface area contributed by atoms with Crippen molar-refractivity contribution in [3.63, 3.8) is 0 Å². The number of Topliss-reactive ketones (excluding diaryl/α,β-unsaturated/α-hetero) is 1. The minimum atomic E-state index is -0.947. The first-order valence-corrected chi connectivity index (χ1v) is 6.41. The topological polar surface area (TPSA) is 57.6 Å². The summed E-state index contributed by atoms with van der Waals surface area (Å²) in [5.74, 6) is -0.198. The molecule has 19 heavy (non-hydrogen) atoms. The molecule has 0 aromatic heterocycles. The average Bonchev–Trinajstić information content (AvgIpc) is 2.25. The second kappa shape index (κ2) is 4.68. The van der Waals surface area contributed by atoms with Gasteiger partial charge in [-0.3, -0.25) is 4.79 Å². The number of carboxylic acid groups (broad SMARTS) is 1. The van der Waals surface area contributed by atoms with E-state index in [1.807, 2.05) is 39.0 Å². The van der Waals surface area contributed by atoms with Gasteiger partial charge in [-0.1, -0.05) is 51.1 Å². The molecule has 0 bridgehead atoms. The molecule has 1 N–H and O–H groups in total. The fourth-order valence-electron chi connectivity index (χ4n) is 2.82. The summed E-state index contributed by atoms with van der Waals surface area (Å²) in [6, 6.07) is 8.83. The van der Waals surface area contributed by atoms with E-state index in [0.29, 0.717) is 12.1 Å². The number of hydrogen-bond donors (Lipinski definition) is 1. The number of carbonyl (C=O) groups excluding carboxylic acids is 1. The Kier molecular flexibility index (Phi) is 3.35. The number of ketones is 1. The van der Waals surface area contributed by atoms with E-state index in [0.717, 1.165) is 0 Å². The number of nitrogens with zero attached hydrogens (tertiary/aromatic N) is 1. The van der Waals surface area contributed by atoms with Crippen molar-refractivity contribution in [2.45, 2.75) is 26.8 Å². The van der Waals surface area contributed by atoms with Crippen LogP contribution in [0.1, 0.15) is 31.1 Å². The number of likely N-dealkylation sites (tertiary alicyclic amines) is 1. The molecule has 102 valence electrons. The Labute approximate surface area is 113 Å². The molecular weight excluding hydrogens is 242 g/mol. The van der Waals surface area contributed by atoms with Gasteiger partial charge < -0.3 is 10.0 Å². The maximum absolute atomic E-state index is 12.4. The predicted octanol–water partition coefficient (Wildman–Crippen LogP) is 2.89. The molecule has 0 radical (unpaired) electrons. The fraction of sp³-hybridized carbons (Fsp3) is 0.467. The highest BCUT2D eigenvalue weighted by Gasteiger charge is 2.51. The SMILES string of the molecule is CC(C)(C)C1C(C(=O)c2ccccc2)CN1C(=O)O. The third kappa shape index (κ3) is 2.48. The lowest BCUT2D eigenvalue weighted by atomic mass is 9.70. The Hall–Kier alpha value is -1.84. The van der Waals surface area contributed by atoms with Crippen LogP contribution >= 0.6 is 0 Å². The molecule has 2 rings (SSSR count). The molecule has 1 heterocycles. The molecule has 1 saturated heterocycles. The highest BCUT2D eigenvalue weighted by atomic mass is 16.4. The van der Waals surface area contributed by atoms with Gasteiger partial charge in [-0.05, 0) is 5.41 Å². The summed E-state index contributed by atoms with van der Waals surface area (Å²) in [5, 5.41) is 9.15. The van der Waals surface area contributed by atoms with Gasteiger partial charge in [0.15, 0.2) is 5.78 Å². The van der Waals surface area contributed by atoms with Crippen LogP contribution in [0.25, 0.3) is 0 Å². The first-order valence-electron chi connectivity index (χ1n) is 6.41. The van der Waals surface area contributed by atoms with Crippen LogP contribution in [-0.2, 0) is 0 Å². The second-order valence-corrected chi connectivity index (χ2v) is 6.08. The van der Waals surface area contributed by atoms with Gasteiger partial charge in [-0.15, -0.1) is 0 Å². The van der Waals surface area contributed by atoms with Gasteiger partial charge in [0.25, 0.3) is 0 Å². The molecule has 4 nitrogen and oxygen atoms in total. The molecule has 1 amide bonds. The fourth-order valence-corrected chi connectivity index (χ4v) is 2.82. The zero-order valence-corrected chi connectivity index (χ0v) is 11.5. The summed E-state index contributed by atoms with van der Waals surface area (Å²) in [5.41, 5.74) is 0.415. The lowest BCUT2D eigenvalue weighted by Crippen LogP contribution is -2.65. The molecule has 0 saturated carbocycles. The van der Waals surface area contributed by atoms with E-state index in [2.05, 4.69) is 0 Å². The van der Waals surface area contributed by atoms with E-state index in [9.17, 15) is 9.59 Å². The molecule has 1 fully saturated rings. The average molecular weight is 261 g/mol. The highest BCUT2D eigenvalue weighted by Crippen LogP contribution is 2.39. The zero-order chi connectivity index (χ0) is 14.2. The Bertz CT molecular complexity index is 490. The van der Waals surface area contributed by atoms with E-state index >= 15 is 0 Å². The van der Waals surface area contributed by atoms with Crippen molar-refractivity contribution in [3.05, 3.63) is 35.9 Å². The van der Waals surface area contributed by atoms with Gasteiger partial charge in [0.05, 0.1) is 12.0 Å². The molecule has 1 aliphatic rings. The van der Waals surface area contributed by atoms with Crippen LogP contribution in [0.2, 0.25) is 0 Å². The van der Waals surface area contributed by atoms with E-state index in [4.69, 9.17) is 5.11 Å². The maximum atomic E-state index is 12.4. The van der Waals surface area contributed by atoms with E-state index in [1.165, 1.54) is 4.90 Å². The lowest BCUT2D eigenvalue weighted by molar-refractivity contribution is -0.0236. The van der Waals surface area contributed by atoms with Crippen LogP contribution in [0.4, 0.5) is 4.79 Å². The number of carbonyl (C=O) groups is 2. The molecule has 4 heteroatoms.